The summed E-state index contributed by atoms with van der Waals surface area (Å²) in [4.78, 5) is 23.5. The van der Waals surface area contributed by atoms with Gasteiger partial charge in [0.15, 0.2) is 5.82 Å². The summed E-state index contributed by atoms with van der Waals surface area (Å²) in [5.74, 6) is 2.86. The van der Waals surface area contributed by atoms with Gasteiger partial charge >= 0.3 is 0 Å². The largest absolute Gasteiger partial charge is 0.340 e. The number of carbonyl (C=O) groups excluding carboxylic acids is 1. The molecule has 0 saturated heterocycles. The number of rotatable bonds is 4. The van der Waals surface area contributed by atoms with Crippen molar-refractivity contribution < 1.29 is 4.79 Å². The van der Waals surface area contributed by atoms with Crippen LogP contribution in [-0.4, -0.2) is 43.6 Å². The highest BCUT2D eigenvalue weighted by atomic mass is 32.1. The van der Waals surface area contributed by atoms with Gasteiger partial charge in [-0.05, 0) is 26.2 Å². The average Bonchev–Trinajstić information content (AvgIpc) is 3.24. The minimum Gasteiger partial charge on any atom is -0.340 e. The molecule has 1 aliphatic carbocycles. The molecule has 122 valence electrons. The van der Waals surface area contributed by atoms with E-state index in [-0.39, 0.29) is 5.91 Å². The van der Waals surface area contributed by atoms with Crippen LogP contribution in [0.3, 0.4) is 0 Å². The van der Waals surface area contributed by atoms with E-state index in [1.54, 1.807) is 11.3 Å². The molecule has 7 heteroatoms. The van der Waals surface area contributed by atoms with Crippen LogP contribution < -0.4 is 0 Å². The Hall–Kier alpha value is -1.76. The first-order valence-corrected chi connectivity index (χ1v) is 9.19. The standard InChI is InChI=1S/C16H21N5OS/c1-11-17-13(10-23-11)4-5-15(22)20-7-6-14-18-16(12-2-3-12)19-21(14)9-8-20/h10,12H,2-9H2,1H3. The highest BCUT2D eigenvalue weighted by Crippen LogP contribution is 2.38. The zero-order valence-corrected chi connectivity index (χ0v) is 14.2. The van der Waals surface area contributed by atoms with Crippen LogP contribution in [0.25, 0.3) is 0 Å². The van der Waals surface area contributed by atoms with E-state index in [2.05, 4.69) is 15.1 Å². The third kappa shape index (κ3) is 3.29. The molecule has 23 heavy (non-hydrogen) atoms. The predicted molar refractivity (Wildman–Crippen MR) is 87.5 cm³/mol. The molecule has 0 unspecified atom stereocenters. The number of amides is 1. The first kappa shape index (κ1) is 14.8. The first-order chi connectivity index (χ1) is 11.2. The Kier molecular flexibility index (Phi) is 3.88. The Bertz CT molecular complexity index is 692. The van der Waals surface area contributed by atoms with Crippen LogP contribution in [0.2, 0.25) is 0 Å². The van der Waals surface area contributed by atoms with Crippen LogP contribution in [0, 0.1) is 6.92 Å². The summed E-state index contributed by atoms with van der Waals surface area (Å²) in [5, 5.41) is 7.73. The summed E-state index contributed by atoms with van der Waals surface area (Å²) in [6.45, 7) is 4.23. The van der Waals surface area contributed by atoms with Crippen LogP contribution in [0.4, 0.5) is 0 Å². The minimum atomic E-state index is 0.212. The Balaban J connectivity index is 1.33. The second-order valence-corrected chi connectivity index (χ2v) is 7.43. The van der Waals surface area contributed by atoms with Crippen molar-refractivity contribution in [2.24, 2.45) is 0 Å². The lowest BCUT2D eigenvalue weighted by atomic mass is 10.2. The molecule has 0 N–H and O–H groups in total. The Labute approximate surface area is 139 Å². The summed E-state index contributed by atoms with van der Waals surface area (Å²) >= 11 is 1.64. The third-order valence-corrected chi connectivity index (χ3v) is 5.33. The molecule has 1 amide bonds. The summed E-state index contributed by atoms with van der Waals surface area (Å²) < 4.78 is 2.00. The Morgan fingerprint density at radius 3 is 2.91 bits per heavy atom. The Morgan fingerprint density at radius 1 is 1.30 bits per heavy atom. The number of thiazole rings is 1. The van der Waals surface area contributed by atoms with Gasteiger partial charge in [0.2, 0.25) is 5.91 Å². The summed E-state index contributed by atoms with van der Waals surface area (Å²) in [6, 6.07) is 0. The molecule has 0 atom stereocenters. The number of hydrogen-bond donors (Lipinski definition) is 0. The molecule has 0 bridgehead atoms. The van der Waals surface area contributed by atoms with Gasteiger partial charge in [-0.3, -0.25) is 4.79 Å². The highest BCUT2D eigenvalue weighted by molar-refractivity contribution is 7.09. The van der Waals surface area contributed by atoms with Crippen molar-refractivity contribution in [3.8, 4) is 0 Å². The molecule has 2 aromatic heterocycles. The number of aromatic nitrogens is 4. The van der Waals surface area contributed by atoms with E-state index in [0.29, 0.717) is 12.3 Å². The smallest absolute Gasteiger partial charge is 0.223 e. The lowest BCUT2D eigenvalue weighted by molar-refractivity contribution is -0.131. The van der Waals surface area contributed by atoms with Crippen molar-refractivity contribution in [2.75, 3.05) is 13.1 Å². The van der Waals surface area contributed by atoms with E-state index < -0.39 is 0 Å². The van der Waals surface area contributed by atoms with Crippen molar-refractivity contribution in [1.29, 1.82) is 0 Å². The quantitative estimate of drug-likeness (QED) is 0.859. The second kappa shape index (κ2) is 6.03. The zero-order chi connectivity index (χ0) is 15.8. The van der Waals surface area contributed by atoms with Gasteiger partial charge in [0.25, 0.3) is 0 Å². The van der Waals surface area contributed by atoms with Gasteiger partial charge < -0.3 is 4.90 Å². The molecule has 6 nitrogen and oxygen atoms in total. The van der Waals surface area contributed by atoms with Gasteiger partial charge in [-0.1, -0.05) is 0 Å². The maximum Gasteiger partial charge on any atom is 0.223 e. The molecule has 1 aliphatic heterocycles. The SMILES string of the molecule is Cc1nc(CCC(=O)N2CCc3nc(C4CC4)nn3CC2)cs1. The average molecular weight is 331 g/mol. The van der Waals surface area contributed by atoms with E-state index in [9.17, 15) is 4.79 Å². The van der Waals surface area contributed by atoms with Gasteiger partial charge in [0, 0.05) is 37.2 Å². The molecule has 2 aliphatic rings. The molecular weight excluding hydrogens is 310 g/mol. The molecule has 2 aromatic rings. The van der Waals surface area contributed by atoms with Gasteiger partial charge in [0.1, 0.15) is 5.82 Å². The summed E-state index contributed by atoms with van der Waals surface area (Å²) in [7, 11) is 0. The van der Waals surface area contributed by atoms with Gasteiger partial charge in [0.05, 0.1) is 17.2 Å². The summed E-state index contributed by atoms with van der Waals surface area (Å²) in [6.07, 6.45) is 4.52. The number of nitrogens with zero attached hydrogens (tertiary/aromatic N) is 5. The monoisotopic (exact) mass is 331 g/mol. The fraction of sp³-hybridized carbons (Fsp3) is 0.625. The molecule has 3 heterocycles. The highest BCUT2D eigenvalue weighted by Gasteiger charge is 2.30. The number of fused-ring (bicyclic) bond motifs is 1. The maximum absolute atomic E-state index is 12.4. The normalized spacial score (nSPS) is 17.9. The van der Waals surface area contributed by atoms with Crippen LogP contribution >= 0.6 is 11.3 Å². The van der Waals surface area contributed by atoms with Gasteiger partial charge in [-0.2, -0.15) is 5.10 Å². The van der Waals surface area contributed by atoms with Crippen molar-refractivity contribution in [1.82, 2.24) is 24.6 Å². The van der Waals surface area contributed by atoms with E-state index >= 15 is 0 Å². The van der Waals surface area contributed by atoms with E-state index in [0.717, 1.165) is 54.8 Å². The fourth-order valence-electron chi connectivity index (χ4n) is 3.00. The second-order valence-electron chi connectivity index (χ2n) is 6.37. The number of carbonyl (C=O) groups is 1. The van der Waals surface area contributed by atoms with Crippen molar-refractivity contribution in [2.45, 2.75) is 51.5 Å². The fourth-order valence-corrected chi connectivity index (χ4v) is 3.65. The van der Waals surface area contributed by atoms with Crippen LogP contribution in [0.15, 0.2) is 5.38 Å². The lowest BCUT2D eigenvalue weighted by Gasteiger charge is -2.19. The van der Waals surface area contributed by atoms with Crippen LogP contribution in [0.1, 0.15) is 47.5 Å². The minimum absolute atomic E-state index is 0.212. The number of hydrogen-bond acceptors (Lipinski definition) is 5. The molecule has 1 fully saturated rings. The topological polar surface area (TPSA) is 63.9 Å². The van der Waals surface area contributed by atoms with E-state index in [1.165, 1.54) is 12.8 Å². The van der Waals surface area contributed by atoms with Crippen LogP contribution in [0.5, 0.6) is 0 Å². The molecule has 1 saturated carbocycles. The lowest BCUT2D eigenvalue weighted by Crippen LogP contribution is -2.33. The van der Waals surface area contributed by atoms with E-state index in [4.69, 9.17) is 0 Å². The number of aryl methyl sites for hydroxylation is 2. The maximum atomic E-state index is 12.4. The van der Waals surface area contributed by atoms with Crippen LogP contribution in [-0.2, 0) is 24.2 Å². The van der Waals surface area contributed by atoms with Crippen molar-refractivity contribution >= 4 is 17.2 Å². The van der Waals surface area contributed by atoms with Gasteiger partial charge in [-0.15, -0.1) is 11.3 Å². The molecule has 4 rings (SSSR count). The molecule has 0 radical (unpaired) electrons. The van der Waals surface area contributed by atoms with Crippen molar-refractivity contribution in [3.63, 3.8) is 0 Å². The van der Waals surface area contributed by atoms with Crippen molar-refractivity contribution in [3.05, 3.63) is 27.7 Å². The summed E-state index contributed by atoms with van der Waals surface area (Å²) in [5.41, 5.74) is 1.03. The first-order valence-electron chi connectivity index (χ1n) is 8.31. The van der Waals surface area contributed by atoms with Gasteiger partial charge in [-0.25, -0.2) is 14.6 Å². The molecule has 0 spiro atoms. The predicted octanol–water partition coefficient (Wildman–Crippen LogP) is 1.94. The molecular formula is C16H21N5OS. The zero-order valence-electron chi connectivity index (χ0n) is 13.4. The third-order valence-electron chi connectivity index (χ3n) is 4.51. The molecule has 0 aromatic carbocycles. The Morgan fingerprint density at radius 2 is 2.17 bits per heavy atom. The van der Waals surface area contributed by atoms with E-state index in [1.807, 2.05) is 21.9 Å².